The largest absolute Gasteiger partial charge is 0.481 e. The van der Waals surface area contributed by atoms with Crippen molar-refractivity contribution in [2.24, 2.45) is 5.41 Å². The van der Waals surface area contributed by atoms with Gasteiger partial charge < -0.3 is 14.7 Å². The molecule has 1 aliphatic heterocycles. The minimum Gasteiger partial charge on any atom is -0.481 e. The zero-order chi connectivity index (χ0) is 11.3. The summed E-state index contributed by atoms with van der Waals surface area (Å²) < 4.78 is 5.25. The third-order valence-corrected chi connectivity index (χ3v) is 3.04. The minimum atomic E-state index is -0.671. The van der Waals surface area contributed by atoms with Gasteiger partial charge in [0, 0.05) is 26.3 Å². The Morgan fingerprint density at radius 3 is 2.87 bits per heavy atom. The van der Waals surface area contributed by atoms with Crippen molar-refractivity contribution in [2.75, 3.05) is 32.8 Å². The Bertz CT molecular complexity index is 220. The number of carboxylic acid groups (broad SMARTS) is 1. The first kappa shape index (κ1) is 12.5. The number of aliphatic carboxylic acids is 1. The molecule has 0 saturated carbocycles. The van der Waals surface area contributed by atoms with Gasteiger partial charge in [0.2, 0.25) is 0 Å². The highest BCUT2D eigenvalue weighted by Gasteiger charge is 2.39. The van der Waals surface area contributed by atoms with Gasteiger partial charge in [0.05, 0.1) is 5.41 Å². The summed E-state index contributed by atoms with van der Waals surface area (Å²) in [6.45, 7) is 7.87. The first-order valence-corrected chi connectivity index (χ1v) is 5.62. The fraction of sp³-hybridized carbons (Fsp3) is 0.909. The number of carbonyl (C=O) groups is 1. The van der Waals surface area contributed by atoms with E-state index in [0.29, 0.717) is 6.54 Å². The molecule has 1 unspecified atom stereocenters. The number of carboxylic acids is 1. The van der Waals surface area contributed by atoms with Crippen molar-refractivity contribution in [3.05, 3.63) is 0 Å². The first-order chi connectivity index (χ1) is 7.08. The van der Waals surface area contributed by atoms with E-state index >= 15 is 0 Å². The summed E-state index contributed by atoms with van der Waals surface area (Å²) in [7, 11) is 0. The van der Waals surface area contributed by atoms with Crippen LogP contribution in [0.4, 0.5) is 0 Å². The van der Waals surface area contributed by atoms with E-state index < -0.39 is 11.4 Å². The quantitative estimate of drug-likeness (QED) is 0.677. The second-order valence-corrected chi connectivity index (χ2v) is 4.44. The Morgan fingerprint density at radius 1 is 1.60 bits per heavy atom. The molecule has 0 aliphatic carbocycles. The van der Waals surface area contributed by atoms with Crippen molar-refractivity contribution in [1.82, 2.24) is 4.90 Å². The molecular formula is C11H21NO3. The van der Waals surface area contributed by atoms with Crippen LogP contribution in [-0.4, -0.2) is 48.8 Å². The number of nitrogens with zero attached hydrogens (tertiary/aromatic N) is 1. The molecule has 4 nitrogen and oxygen atoms in total. The highest BCUT2D eigenvalue weighted by atomic mass is 16.5. The van der Waals surface area contributed by atoms with Crippen LogP contribution in [0.1, 0.15) is 26.7 Å². The minimum absolute atomic E-state index is 0.536. The van der Waals surface area contributed by atoms with Crippen molar-refractivity contribution in [3.63, 3.8) is 0 Å². The number of rotatable bonds is 6. The molecule has 88 valence electrons. The smallest absolute Gasteiger partial charge is 0.310 e. The van der Waals surface area contributed by atoms with Gasteiger partial charge in [0.25, 0.3) is 0 Å². The van der Waals surface area contributed by atoms with Crippen LogP contribution in [0.25, 0.3) is 0 Å². The molecule has 1 heterocycles. The van der Waals surface area contributed by atoms with Crippen LogP contribution in [0.15, 0.2) is 0 Å². The highest BCUT2D eigenvalue weighted by Crippen LogP contribution is 2.29. The Balaban J connectivity index is 2.22. The summed E-state index contributed by atoms with van der Waals surface area (Å²) in [4.78, 5) is 13.2. The van der Waals surface area contributed by atoms with Crippen LogP contribution >= 0.6 is 0 Å². The molecule has 1 rings (SSSR count). The molecule has 0 aromatic heterocycles. The highest BCUT2D eigenvalue weighted by molar-refractivity contribution is 5.74. The Hall–Kier alpha value is -0.610. The van der Waals surface area contributed by atoms with Crippen LogP contribution in [-0.2, 0) is 9.53 Å². The standard InChI is InChI=1S/C11H21NO3/c1-3-15-8-4-6-12-7-5-11(2,9-12)10(13)14/h3-9H2,1-2H3,(H,13,14). The van der Waals surface area contributed by atoms with Gasteiger partial charge in [-0.15, -0.1) is 0 Å². The Labute approximate surface area is 91.2 Å². The summed E-state index contributed by atoms with van der Waals surface area (Å²) in [5.74, 6) is -0.671. The summed E-state index contributed by atoms with van der Waals surface area (Å²) in [5, 5.41) is 9.05. The summed E-state index contributed by atoms with van der Waals surface area (Å²) in [6.07, 6.45) is 1.75. The third-order valence-electron chi connectivity index (χ3n) is 3.04. The van der Waals surface area contributed by atoms with E-state index in [1.54, 1.807) is 0 Å². The topological polar surface area (TPSA) is 49.8 Å². The average Bonchev–Trinajstić information content (AvgIpc) is 2.57. The van der Waals surface area contributed by atoms with E-state index in [0.717, 1.165) is 39.1 Å². The molecule has 0 bridgehead atoms. The number of likely N-dealkylation sites (tertiary alicyclic amines) is 1. The van der Waals surface area contributed by atoms with Crippen LogP contribution in [0.2, 0.25) is 0 Å². The molecule has 1 fully saturated rings. The monoisotopic (exact) mass is 215 g/mol. The fourth-order valence-corrected chi connectivity index (χ4v) is 1.96. The maximum Gasteiger partial charge on any atom is 0.310 e. The third kappa shape index (κ3) is 3.47. The van der Waals surface area contributed by atoms with Crippen molar-refractivity contribution < 1.29 is 14.6 Å². The number of ether oxygens (including phenoxy) is 1. The predicted molar refractivity (Wildman–Crippen MR) is 57.9 cm³/mol. The van der Waals surface area contributed by atoms with Gasteiger partial charge in [-0.3, -0.25) is 4.79 Å². The van der Waals surface area contributed by atoms with Gasteiger partial charge in [-0.2, -0.15) is 0 Å². The van der Waals surface area contributed by atoms with Gasteiger partial charge >= 0.3 is 5.97 Å². The van der Waals surface area contributed by atoms with Gasteiger partial charge in [0.15, 0.2) is 0 Å². The molecule has 0 aromatic rings. The maximum atomic E-state index is 11.0. The van der Waals surface area contributed by atoms with Crippen LogP contribution in [0.3, 0.4) is 0 Å². The Kier molecular flexibility index (Phi) is 4.54. The number of hydrogen-bond donors (Lipinski definition) is 1. The molecule has 15 heavy (non-hydrogen) atoms. The van der Waals surface area contributed by atoms with Crippen molar-refractivity contribution in [1.29, 1.82) is 0 Å². The zero-order valence-electron chi connectivity index (χ0n) is 9.66. The van der Waals surface area contributed by atoms with Crippen LogP contribution in [0.5, 0.6) is 0 Å². The maximum absolute atomic E-state index is 11.0. The van der Waals surface area contributed by atoms with Gasteiger partial charge in [0.1, 0.15) is 0 Å². The van der Waals surface area contributed by atoms with Gasteiger partial charge in [-0.25, -0.2) is 0 Å². The van der Waals surface area contributed by atoms with E-state index in [-0.39, 0.29) is 0 Å². The average molecular weight is 215 g/mol. The van der Waals surface area contributed by atoms with Crippen molar-refractivity contribution in [3.8, 4) is 0 Å². The molecule has 4 heteroatoms. The van der Waals surface area contributed by atoms with Crippen LogP contribution < -0.4 is 0 Å². The molecule has 1 N–H and O–H groups in total. The lowest BCUT2D eigenvalue weighted by atomic mass is 9.90. The lowest BCUT2D eigenvalue weighted by molar-refractivity contribution is -0.147. The predicted octanol–water partition coefficient (Wildman–Crippen LogP) is 1.21. The molecule has 0 aromatic carbocycles. The molecule has 1 aliphatic rings. The first-order valence-electron chi connectivity index (χ1n) is 5.62. The molecule has 0 amide bonds. The van der Waals surface area contributed by atoms with Crippen LogP contribution in [0, 0.1) is 5.41 Å². The fourth-order valence-electron chi connectivity index (χ4n) is 1.96. The lowest BCUT2D eigenvalue weighted by Crippen LogP contribution is -2.32. The second kappa shape index (κ2) is 5.47. The van der Waals surface area contributed by atoms with Gasteiger partial charge in [-0.1, -0.05) is 0 Å². The van der Waals surface area contributed by atoms with Gasteiger partial charge in [-0.05, 0) is 33.2 Å². The molecule has 0 radical (unpaired) electrons. The summed E-state index contributed by atoms with van der Waals surface area (Å²) in [6, 6.07) is 0. The number of hydrogen-bond acceptors (Lipinski definition) is 3. The van der Waals surface area contributed by atoms with E-state index in [1.165, 1.54) is 0 Å². The van der Waals surface area contributed by atoms with E-state index in [4.69, 9.17) is 9.84 Å². The van der Waals surface area contributed by atoms with Crippen molar-refractivity contribution in [2.45, 2.75) is 26.7 Å². The van der Waals surface area contributed by atoms with E-state index in [1.807, 2.05) is 13.8 Å². The lowest BCUT2D eigenvalue weighted by Gasteiger charge is -2.19. The summed E-state index contributed by atoms with van der Waals surface area (Å²) in [5.41, 5.74) is -0.536. The molecule has 0 spiro atoms. The van der Waals surface area contributed by atoms with Crippen molar-refractivity contribution >= 4 is 5.97 Å². The zero-order valence-corrected chi connectivity index (χ0v) is 9.66. The molecular weight excluding hydrogens is 194 g/mol. The molecule has 1 atom stereocenters. The SMILES string of the molecule is CCOCCCN1CCC(C)(C(=O)O)C1. The van der Waals surface area contributed by atoms with E-state index in [9.17, 15) is 4.79 Å². The van der Waals surface area contributed by atoms with E-state index in [2.05, 4.69) is 4.90 Å². The second-order valence-electron chi connectivity index (χ2n) is 4.44. The molecule has 1 saturated heterocycles. The Morgan fingerprint density at radius 2 is 2.33 bits per heavy atom. The normalized spacial score (nSPS) is 27.1. The summed E-state index contributed by atoms with van der Waals surface area (Å²) >= 11 is 0.